The highest BCUT2D eigenvalue weighted by molar-refractivity contribution is 7.99. The molecule has 8 nitrogen and oxygen atoms in total. The molecule has 0 N–H and O–H groups in total. The maximum Gasteiger partial charge on any atom is 0.243 e. The standard InChI is InChI=1S/C19H25N5O3S2/c1-4-7-23-14-20-21-19(23)28-13-18(25)22-8-10-24(11-9-22)29(26,27)17-6-5-15(2)16(3)12-17/h4-6,12,14H,1,7-11,13H2,2-3H3. The molecular formula is C19H25N5O3S2. The van der Waals surface area contributed by atoms with Gasteiger partial charge in [0.05, 0.1) is 10.6 Å². The lowest BCUT2D eigenvalue weighted by atomic mass is 10.1. The number of carbonyl (C=O) groups is 1. The van der Waals surface area contributed by atoms with Gasteiger partial charge in [-0.2, -0.15) is 4.31 Å². The van der Waals surface area contributed by atoms with Crippen LogP contribution in [0.4, 0.5) is 0 Å². The molecular weight excluding hydrogens is 410 g/mol. The summed E-state index contributed by atoms with van der Waals surface area (Å²) in [6.07, 6.45) is 3.34. The molecule has 0 atom stereocenters. The largest absolute Gasteiger partial charge is 0.339 e. The van der Waals surface area contributed by atoms with Gasteiger partial charge in [-0.05, 0) is 37.1 Å². The number of carbonyl (C=O) groups excluding carboxylic acids is 1. The number of nitrogens with zero attached hydrogens (tertiary/aromatic N) is 5. The first-order chi connectivity index (χ1) is 13.8. The lowest BCUT2D eigenvalue weighted by molar-refractivity contribution is -0.129. The number of hydrogen-bond donors (Lipinski definition) is 0. The molecule has 0 saturated carbocycles. The summed E-state index contributed by atoms with van der Waals surface area (Å²) in [4.78, 5) is 14.5. The van der Waals surface area contributed by atoms with E-state index in [1.54, 1.807) is 29.4 Å². The van der Waals surface area contributed by atoms with Gasteiger partial charge in [0.2, 0.25) is 15.9 Å². The molecule has 1 aromatic carbocycles. The molecule has 1 amide bonds. The first kappa shape index (κ1) is 21.5. The molecule has 2 aromatic rings. The van der Waals surface area contributed by atoms with E-state index in [1.807, 2.05) is 24.5 Å². The minimum Gasteiger partial charge on any atom is -0.339 e. The highest BCUT2D eigenvalue weighted by Crippen LogP contribution is 2.21. The Bertz CT molecular complexity index is 995. The van der Waals surface area contributed by atoms with E-state index in [4.69, 9.17) is 0 Å². The van der Waals surface area contributed by atoms with Gasteiger partial charge in [0.1, 0.15) is 6.33 Å². The molecule has 1 aromatic heterocycles. The summed E-state index contributed by atoms with van der Waals surface area (Å²) < 4.78 is 29.1. The Labute approximate surface area is 175 Å². The summed E-state index contributed by atoms with van der Waals surface area (Å²) in [5.41, 5.74) is 2.00. The van der Waals surface area contributed by atoms with E-state index in [0.29, 0.717) is 29.7 Å². The molecule has 0 spiro atoms. The fourth-order valence-electron chi connectivity index (χ4n) is 3.04. The Morgan fingerprint density at radius 1 is 1.21 bits per heavy atom. The SMILES string of the molecule is C=CCn1cnnc1SCC(=O)N1CCN(S(=O)(=O)c2ccc(C)c(C)c2)CC1. The molecule has 0 bridgehead atoms. The number of piperazine rings is 1. The summed E-state index contributed by atoms with van der Waals surface area (Å²) in [6, 6.07) is 5.17. The first-order valence-corrected chi connectivity index (χ1v) is 11.7. The van der Waals surface area contributed by atoms with Gasteiger partial charge < -0.3 is 9.47 Å². The summed E-state index contributed by atoms with van der Waals surface area (Å²) in [5, 5.41) is 8.53. The zero-order valence-electron chi connectivity index (χ0n) is 16.6. The van der Waals surface area contributed by atoms with Crippen molar-refractivity contribution in [2.75, 3.05) is 31.9 Å². The van der Waals surface area contributed by atoms with Gasteiger partial charge in [-0.15, -0.1) is 16.8 Å². The smallest absolute Gasteiger partial charge is 0.243 e. The second-order valence-electron chi connectivity index (χ2n) is 6.87. The molecule has 29 heavy (non-hydrogen) atoms. The summed E-state index contributed by atoms with van der Waals surface area (Å²) >= 11 is 1.32. The molecule has 2 heterocycles. The van der Waals surface area contributed by atoms with Crippen LogP contribution >= 0.6 is 11.8 Å². The van der Waals surface area contributed by atoms with Crippen molar-refractivity contribution in [2.45, 2.75) is 30.4 Å². The van der Waals surface area contributed by atoms with Gasteiger partial charge in [-0.25, -0.2) is 8.42 Å². The van der Waals surface area contributed by atoms with Gasteiger partial charge in [-0.3, -0.25) is 4.79 Å². The Morgan fingerprint density at radius 2 is 1.93 bits per heavy atom. The number of sulfonamides is 1. The molecule has 1 saturated heterocycles. The predicted molar refractivity (Wildman–Crippen MR) is 112 cm³/mol. The van der Waals surface area contributed by atoms with Crippen LogP contribution in [0, 0.1) is 13.8 Å². The number of benzene rings is 1. The first-order valence-electron chi connectivity index (χ1n) is 9.29. The van der Waals surface area contributed by atoms with Crippen molar-refractivity contribution in [3.05, 3.63) is 48.3 Å². The van der Waals surface area contributed by atoms with E-state index < -0.39 is 10.0 Å². The Kier molecular flexibility index (Phi) is 6.76. The molecule has 0 aliphatic carbocycles. The van der Waals surface area contributed by atoms with Crippen molar-refractivity contribution in [1.29, 1.82) is 0 Å². The van der Waals surface area contributed by atoms with Crippen LogP contribution in [0.1, 0.15) is 11.1 Å². The minimum absolute atomic E-state index is 0.0358. The molecule has 1 aliphatic rings. The summed E-state index contributed by atoms with van der Waals surface area (Å²) in [5.74, 6) is 0.200. The third kappa shape index (κ3) is 4.88. The minimum atomic E-state index is -3.55. The number of aromatic nitrogens is 3. The van der Waals surface area contributed by atoms with Crippen LogP contribution in [-0.2, 0) is 21.4 Å². The second kappa shape index (κ2) is 9.10. The maximum absolute atomic E-state index is 12.9. The van der Waals surface area contributed by atoms with E-state index >= 15 is 0 Å². The van der Waals surface area contributed by atoms with Crippen LogP contribution in [0.5, 0.6) is 0 Å². The van der Waals surface area contributed by atoms with Gasteiger partial charge in [0, 0.05) is 32.7 Å². The topological polar surface area (TPSA) is 88.4 Å². The zero-order valence-corrected chi connectivity index (χ0v) is 18.2. The predicted octanol–water partition coefficient (Wildman–Crippen LogP) is 1.71. The zero-order chi connectivity index (χ0) is 21.0. The van der Waals surface area contributed by atoms with Crippen LogP contribution in [-0.4, -0.2) is 70.2 Å². The molecule has 1 aliphatic heterocycles. The Hall–Kier alpha value is -2.17. The number of aryl methyl sites for hydroxylation is 2. The van der Waals surface area contributed by atoms with Gasteiger partial charge in [-0.1, -0.05) is 23.9 Å². The summed E-state index contributed by atoms with van der Waals surface area (Å²) in [6.45, 7) is 9.46. The maximum atomic E-state index is 12.9. The van der Waals surface area contributed by atoms with Crippen molar-refractivity contribution >= 4 is 27.7 Å². The Balaban J connectivity index is 1.56. The number of allylic oxidation sites excluding steroid dienone is 1. The van der Waals surface area contributed by atoms with Crippen molar-refractivity contribution in [3.8, 4) is 0 Å². The van der Waals surface area contributed by atoms with Crippen LogP contribution in [0.2, 0.25) is 0 Å². The van der Waals surface area contributed by atoms with Crippen molar-refractivity contribution < 1.29 is 13.2 Å². The van der Waals surface area contributed by atoms with Crippen LogP contribution in [0.3, 0.4) is 0 Å². The third-order valence-electron chi connectivity index (χ3n) is 4.94. The number of rotatable bonds is 7. The average molecular weight is 436 g/mol. The normalized spacial score (nSPS) is 15.4. The Morgan fingerprint density at radius 3 is 2.59 bits per heavy atom. The average Bonchev–Trinajstić information content (AvgIpc) is 3.15. The van der Waals surface area contributed by atoms with Gasteiger partial charge in [0.25, 0.3) is 0 Å². The van der Waals surface area contributed by atoms with Crippen molar-refractivity contribution in [3.63, 3.8) is 0 Å². The van der Waals surface area contributed by atoms with Crippen molar-refractivity contribution in [2.24, 2.45) is 0 Å². The number of hydrogen-bond acceptors (Lipinski definition) is 6. The van der Waals surface area contributed by atoms with E-state index in [-0.39, 0.29) is 24.7 Å². The van der Waals surface area contributed by atoms with Crippen LogP contribution < -0.4 is 0 Å². The molecule has 3 rings (SSSR count). The molecule has 0 radical (unpaired) electrons. The van der Waals surface area contributed by atoms with E-state index in [2.05, 4.69) is 16.8 Å². The van der Waals surface area contributed by atoms with E-state index in [1.165, 1.54) is 16.1 Å². The van der Waals surface area contributed by atoms with Gasteiger partial charge in [0.15, 0.2) is 5.16 Å². The molecule has 0 unspecified atom stereocenters. The third-order valence-corrected chi connectivity index (χ3v) is 7.80. The highest BCUT2D eigenvalue weighted by atomic mass is 32.2. The molecule has 156 valence electrons. The van der Waals surface area contributed by atoms with E-state index in [0.717, 1.165) is 11.1 Å². The monoisotopic (exact) mass is 435 g/mol. The van der Waals surface area contributed by atoms with Gasteiger partial charge >= 0.3 is 0 Å². The van der Waals surface area contributed by atoms with Crippen LogP contribution in [0.25, 0.3) is 0 Å². The highest BCUT2D eigenvalue weighted by Gasteiger charge is 2.30. The lowest BCUT2D eigenvalue weighted by Crippen LogP contribution is -2.51. The second-order valence-corrected chi connectivity index (χ2v) is 9.75. The van der Waals surface area contributed by atoms with E-state index in [9.17, 15) is 13.2 Å². The molecule has 10 heteroatoms. The quantitative estimate of drug-likeness (QED) is 0.486. The number of amides is 1. The summed E-state index contributed by atoms with van der Waals surface area (Å²) in [7, 11) is -3.55. The van der Waals surface area contributed by atoms with Crippen LogP contribution in [0.15, 0.2) is 47.2 Å². The fourth-order valence-corrected chi connectivity index (χ4v) is 5.37. The lowest BCUT2D eigenvalue weighted by Gasteiger charge is -2.34. The fraction of sp³-hybridized carbons (Fsp3) is 0.421. The molecule has 1 fully saturated rings. The number of thioether (sulfide) groups is 1. The van der Waals surface area contributed by atoms with Crippen molar-refractivity contribution in [1.82, 2.24) is 24.0 Å².